The first kappa shape index (κ1) is 17.9. The lowest BCUT2D eigenvalue weighted by Gasteiger charge is -2.38. The van der Waals surface area contributed by atoms with Crippen LogP contribution in [-0.2, 0) is 4.74 Å². The standard InChI is InChI=1S/C16H35NO/c1-7-11-12-14(8-2)13-15(17-6)16(5,9-3)18-10-4/h14-15,17H,7-13H2,1-6H3. The van der Waals surface area contributed by atoms with Crippen molar-refractivity contribution in [1.29, 1.82) is 0 Å². The molecule has 2 nitrogen and oxygen atoms in total. The molecule has 3 unspecified atom stereocenters. The minimum absolute atomic E-state index is 0.0247. The second-order valence-electron chi connectivity index (χ2n) is 5.59. The first-order chi connectivity index (χ1) is 8.57. The molecule has 2 heteroatoms. The van der Waals surface area contributed by atoms with Crippen LogP contribution in [0.4, 0.5) is 0 Å². The van der Waals surface area contributed by atoms with Crippen LogP contribution in [0.1, 0.15) is 73.1 Å². The van der Waals surface area contributed by atoms with Gasteiger partial charge in [-0.15, -0.1) is 0 Å². The topological polar surface area (TPSA) is 21.3 Å². The summed E-state index contributed by atoms with van der Waals surface area (Å²) in [5.41, 5.74) is -0.0247. The summed E-state index contributed by atoms with van der Waals surface area (Å²) in [5.74, 6) is 0.828. The Morgan fingerprint density at radius 2 is 1.83 bits per heavy atom. The second-order valence-corrected chi connectivity index (χ2v) is 5.59. The van der Waals surface area contributed by atoms with Gasteiger partial charge in [0.25, 0.3) is 0 Å². The summed E-state index contributed by atoms with van der Waals surface area (Å²) in [6.07, 6.45) is 7.60. The van der Waals surface area contributed by atoms with Crippen molar-refractivity contribution >= 4 is 0 Å². The van der Waals surface area contributed by atoms with E-state index in [2.05, 4.69) is 47.0 Å². The van der Waals surface area contributed by atoms with Gasteiger partial charge in [-0.2, -0.15) is 0 Å². The molecule has 0 aromatic carbocycles. The van der Waals surface area contributed by atoms with Crippen LogP contribution < -0.4 is 5.32 Å². The van der Waals surface area contributed by atoms with E-state index in [9.17, 15) is 0 Å². The monoisotopic (exact) mass is 257 g/mol. The van der Waals surface area contributed by atoms with Gasteiger partial charge >= 0.3 is 0 Å². The van der Waals surface area contributed by atoms with Gasteiger partial charge in [-0.05, 0) is 39.7 Å². The summed E-state index contributed by atoms with van der Waals surface area (Å²) in [5, 5.41) is 3.49. The predicted molar refractivity (Wildman–Crippen MR) is 81.1 cm³/mol. The maximum Gasteiger partial charge on any atom is 0.0803 e. The van der Waals surface area contributed by atoms with E-state index in [0.29, 0.717) is 6.04 Å². The fourth-order valence-electron chi connectivity index (χ4n) is 2.77. The summed E-state index contributed by atoms with van der Waals surface area (Å²) in [6, 6.07) is 0.462. The summed E-state index contributed by atoms with van der Waals surface area (Å²) in [4.78, 5) is 0. The number of ether oxygens (including phenoxy) is 1. The Morgan fingerprint density at radius 3 is 2.22 bits per heavy atom. The molecule has 0 aliphatic carbocycles. The zero-order valence-corrected chi connectivity index (χ0v) is 13.5. The van der Waals surface area contributed by atoms with Crippen LogP contribution in [0.15, 0.2) is 0 Å². The molecule has 0 saturated carbocycles. The maximum atomic E-state index is 6.02. The van der Waals surface area contributed by atoms with Crippen molar-refractivity contribution in [2.45, 2.75) is 84.8 Å². The van der Waals surface area contributed by atoms with E-state index in [1.807, 2.05) is 0 Å². The lowest BCUT2D eigenvalue weighted by Crippen LogP contribution is -2.50. The summed E-state index contributed by atoms with van der Waals surface area (Å²) < 4.78 is 6.02. The van der Waals surface area contributed by atoms with Crippen molar-refractivity contribution in [3.8, 4) is 0 Å². The number of likely N-dealkylation sites (N-methyl/N-ethyl adjacent to an activating group) is 1. The van der Waals surface area contributed by atoms with Gasteiger partial charge in [-0.25, -0.2) is 0 Å². The number of hydrogen-bond acceptors (Lipinski definition) is 2. The fraction of sp³-hybridized carbons (Fsp3) is 1.00. The van der Waals surface area contributed by atoms with Crippen LogP contribution >= 0.6 is 0 Å². The van der Waals surface area contributed by atoms with Crippen LogP contribution in [0.5, 0.6) is 0 Å². The van der Waals surface area contributed by atoms with E-state index in [0.717, 1.165) is 18.9 Å². The van der Waals surface area contributed by atoms with Gasteiger partial charge in [0.1, 0.15) is 0 Å². The molecule has 3 atom stereocenters. The summed E-state index contributed by atoms with van der Waals surface area (Å²) >= 11 is 0. The molecule has 18 heavy (non-hydrogen) atoms. The van der Waals surface area contributed by atoms with Gasteiger partial charge < -0.3 is 10.1 Å². The van der Waals surface area contributed by atoms with Crippen molar-refractivity contribution in [3.63, 3.8) is 0 Å². The molecule has 0 rings (SSSR count). The highest BCUT2D eigenvalue weighted by molar-refractivity contribution is 4.89. The van der Waals surface area contributed by atoms with Gasteiger partial charge in [-0.3, -0.25) is 0 Å². The van der Waals surface area contributed by atoms with Crippen LogP contribution in [-0.4, -0.2) is 25.3 Å². The molecular weight excluding hydrogens is 222 g/mol. The van der Waals surface area contributed by atoms with E-state index in [-0.39, 0.29) is 5.60 Å². The number of unbranched alkanes of at least 4 members (excludes halogenated alkanes) is 1. The molecule has 0 bridgehead atoms. The van der Waals surface area contributed by atoms with E-state index >= 15 is 0 Å². The molecule has 0 saturated heterocycles. The highest BCUT2D eigenvalue weighted by Crippen LogP contribution is 2.28. The Hall–Kier alpha value is -0.0800. The second kappa shape index (κ2) is 9.80. The van der Waals surface area contributed by atoms with E-state index in [1.54, 1.807) is 0 Å². The molecule has 1 N–H and O–H groups in total. The number of rotatable bonds is 11. The Bertz CT molecular complexity index is 196. The molecule has 110 valence electrons. The van der Waals surface area contributed by atoms with Gasteiger partial charge in [0.2, 0.25) is 0 Å². The van der Waals surface area contributed by atoms with Gasteiger partial charge in [0, 0.05) is 12.6 Å². The van der Waals surface area contributed by atoms with Gasteiger partial charge in [0.15, 0.2) is 0 Å². The van der Waals surface area contributed by atoms with Gasteiger partial charge in [0.05, 0.1) is 5.60 Å². The third-order valence-electron chi connectivity index (χ3n) is 4.37. The zero-order chi connectivity index (χ0) is 14.0. The van der Waals surface area contributed by atoms with E-state index in [4.69, 9.17) is 4.74 Å². The largest absolute Gasteiger partial charge is 0.374 e. The Morgan fingerprint density at radius 1 is 1.17 bits per heavy atom. The lowest BCUT2D eigenvalue weighted by molar-refractivity contribution is -0.0590. The minimum atomic E-state index is -0.0247. The molecular formula is C16H35NO. The third kappa shape index (κ3) is 5.71. The highest BCUT2D eigenvalue weighted by Gasteiger charge is 2.33. The maximum absolute atomic E-state index is 6.02. The first-order valence-electron chi connectivity index (χ1n) is 7.89. The van der Waals surface area contributed by atoms with Crippen LogP contribution in [0.2, 0.25) is 0 Å². The predicted octanol–water partition coefficient (Wildman–Crippen LogP) is 4.39. The normalized spacial score (nSPS) is 18.3. The van der Waals surface area contributed by atoms with Crippen LogP contribution in [0.3, 0.4) is 0 Å². The molecule has 0 aromatic heterocycles. The van der Waals surface area contributed by atoms with Crippen molar-refractivity contribution in [2.24, 2.45) is 5.92 Å². The SMILES string of the molecule is CCCCC(CC)CC(NC)C(C)(CC)OCC. The van der Waals surface area contributed by atoms with Crippen molar-refractivity contribution in [1.82, 2.24) is 5.32 Å². The molecule has 0 aromatic rings. The smallest absolute Gasteiger partial charge is 0.0803 e. The molecule has 0 fully saturated rings. The van der Waals surface area contributed by atoms with Crippen molar-refractivity contribution in [3.05, 3.63) is 0 Å². The van der Waals surface area contributed by atoms with Crippen LogP contribution in [0.25, 0.3) is 0 Å². The fourth-order valence-corrected chi connectivity index (χ4v) is 2.77. The first-order valence-corrected chi connectivity index (χ1v) is 7.89. The third-order valence-corrected chi connectivity index (χ3v) is 4.37. The molecule has 0 aliphatic heterocycles. The molecule has 0 amide bonds. The molecule has 0 heterocycles. The lowest BCUT2D eigenvalue weighted by atomic mass is 9.83. The summed E-state index contributed by atoms with van der Waals surface area (Å²) in [7, 11) is 2.07. The highest BCUT2D eigenvalue weighted by atomic mass is 16.5. The van der Waals surface area contributed by atoms with Crippen LogP contribution in [0, 0.1) is 5.92 Å². The Kier molecular flexibility index (Phi) is 9.76. The average molecular weight is 257 g/mol. The Balaban J connectivity index is 4.53. The molecule has 0 spiro atoms. The molecule has 0 aliphatic rings. The van der Waals surface area contributed by atoms with E-state index in [1.165, 1.54) is 32.1 Å². The van der Waals surface area contributed by atoms with Crippen molar-refractivity contribution in [2.75, 3.05) is 13.7 Å². The quantitative estimate of drug-likeness (QED) is 0.593. The Labute approximate surface area is 115 Å². The zero-order valence-electron chi connectivity index (χ0n) is 13.5. The molecule has 0 radical (unpaired) electrons. The summed E-state index contributed by atoms with van der Waals surface area (Å²) in [6.45, 7) is 12.0. The number of hydrogen-bond donors (Lipinski definition) is 1. The van der Waals surface area contributed by atoms with Gasteiger partial charge in [-0.1, -0.05) is 46.5 Å². The minimum Gasteiger partial charge on any atom is -0.374 e. The van der Waals surface area contributed by atoms with Crippen molar-refractivity contribution < 1.29 is 4.74 Å². The number of nitrogens with one attached hydrogen (secondary N) is 1. The average Bonchev–Trinajstić information content (AvgIpc) is 2.39. The van der Waals surface area contributed by atoms with E-state index < -0.39 is 0 Å².